The van der Waals surface area contributed by atoms with Gasteiger partial charge >= 0.3 is 0 Å². The highest BCUT2D eigenvalue weighted by Gasteiger charge is 1.88. The topological polar surface area (TPSA) is 14.2 Å². The molecule has 1 heterocycles. The molecule has 0 fully saturated rings. The van der Waals surface area contributed by atoms with E-state index in [1.54, 1.807) is 7.11 Å². The van der Waals surface area contributed by atoms with Crippen molar-refractivity contribution in [1.82, 2.24) is 4.57 Å². The van der Waals surface area contributed by atoms with Crippen LogP contribution in [0.25, 0.3) is 6.08 Å². The van der Waals surface area contributed by atoms with Crippen LogP contribution in [-0.2, 0) is 11.8 Å². The zero-order valence-corrected chi connectivity index (χ0v) is 6.95. The number of ether oxygens (including phenoxy) is 1. The molecule has 0 N–H and O–H groups in total. The summed E-state index contributed by atoms with van der Waals surface area (Å²) in [6.45, 7) is 0.672. The van der Waals surface area contributed by atoms with Crippen LogP contribution in [0.5, 0.6) is 0 Å². The summed E-state index contributed by atoms with van der Waals surface area (Å²) in [5.74, 6) is 0. The quantitative estimate of drug-likeness (QED) is 0.641. The normalized spacial score (nSPS) is 11.1. The molecule has 60 valence electrons. The first-order valence-corrected chi connectivity index (χ1v) is 3.61. The summed E-state index contributed by atoms with van der Waals surface area (Å²) in [5.41, 5.74) is 1.20. The fraction of sp³-hybridized carbons (Fsp3) is 0.333. The molecule has 0 saturated heterocycles. The van der Waals surface area contributed by atoms with Crippen LogP contribution in [0.1, 0.15) is 5.69 Å². The molecule has 0 aliphatic heterocycles. The van der Waals surface area contributed by atoms with Gasteiger partial charge in [0.15, 0.2) is 0 Å². The molecule has 11 heavy (non-hydrogen) atoms. The van der Waals surface area contributed by atoms with Crippen LogP contribution in [0.15, 0.2) is 24.4 Å². The van der Waals surface area contributed by atoms with E-state index in [-0.39, 0.29) is 0 Å². The molecule has 0 spiro atoms. The van der Waals surface area contributed by atoms with E-state index in [1.165, 1.54) is 5.69 Å². The number of aromatic nitrogens is 1. The summed E-state index contributed by atoms with van der Waals surface area (Å²) in [4.78, 5) is 0. The number of rotatable bonds is 3. The Balaban J connectivity index is 2.56. The molecule has 0 amide bonds. The summed E-state index contributed by atoms with van der Waals surface area (Å²) in [5, 5.41) is 0. The Morgan fingerprint density at radius 3 is 3.00 bits per heavy atom. The number of methoxy groups -OCH3 is 1. The lowest BCUT2D eigenvalue weighted by Crippen LogP contribution is -1.87. The van der Waals surface area contributed by atoms with E-state index in [0.29, 0.717) is 6.61 Å². The number of hydrogen-bond acceptors (Lipinski definition) is 1. The molecule has 0 saturated carbocycles. The molecule has 0 aliphatic carbocycles. The smallest absolute Gasteiger partial charge is 0.0647 e. The van der Waals surface area contributed by atoms with E-state index in [9.17, 15) is 0 Å². The molecule has 1 aromatic heterocycles. The molecule has 0 bridgehead atoms. The van der Waals surface area contributed by atoms with E-state index >= 15 is 0 Å². The first-order valence-electron chi connectivity index (χ1n) is 3.61. The molecule has 2 nitrogen and oxygen atoms in total. The van der Waals surface area contributed by atoms with Crippen molar-refractivity contribution in [3.63, 3.8) is 0 Å². The summed E-state index contributed by atoms with van der Waals surface area (Å²) in [7, 11) is 3.71. The van der Waals surface area contributed by atoms with Crippen LogP contribution >= 0.6 is 0 Å². The lowest BCUT2D eigenvalue weighted by molar-refractivity contribution is 0.234. The Morgan fingerprint density at radius 2 is 2.45 bits per heavy atom. The second-order valence-electron chi connectivity index (χ2n) is 2.40. The van der Waals surface area contributed by atoms with Gasteiger partial charge in [0.2, 0.25) is 0 Å². The Labute approximate surface area is 67.1 Å². The van der Waals surface area contributed by atoms with Gasteiger partial charge in [0.25, 0.3) is 0 Å². The minimum atomic E-state index is 0.672. The van der Waals surface area contributed by atoms with Crippen LogP contribution in [0.2, 0.25) is 0 Å². The lowest BCUT2D eigenvalue weighted by atomic mass is 10.4. The Bertz CT molecular complexity index is 237. The van der Waals surface area contributed by atoms with Gasteiger partial charge in [0.1, 0.15) is 0 Å². The molecule has 1 aromatic rings. The molecule has 0 aromatic carbocycles. The highest BCUT2D eigenvalue weighted by atomic mass is 16.5. The van der Waals surface area contributed by atoms with Gasteiger partial charge in [0.05, 0.1) is 6.61 Å². The average molecular weight is 151 g/mol. The molecule has 2 heteroatoms. The molecular weight excluding hydrogens is 138 g/mol. The Morgan fingerprint density at radius 1 is 1.64 bits per heavy atom. The third kappa shape index (κ3) is 2.24. The lowest BCUT2D eigenvalue weighted by Gasteiger charge is -1.94. The highest BCUT2D eigenvalue weighted by molar-refractivity contribution is 5.45. The fourth-order valence-corrected chi connectivity index (χ4v) is 0.913. The zero-order valence-electron chi connectivity index (χ0n) is 6.95. The maximum absolute atomic E-state index is 4.88. The second kappa shape index (κ2) is 3.98. The summed E-state index contributed by atoms with van der Waals surface area (Å²) in [6, 6.07) is 4.08. The van der Waals surface area contributed by atoms with E-state index in [0.717, 1.165) is 0 Å². The highest BCUT2D eigenvalue weighted by Crippen LogP contribution is 2.01. The van der Waals surface area contributed by atoms with Crippen molar-refractivity contribution in [1.29, 1.82) is 0 Å². The molecule has 0 unspecified atom stereocenters. The minimum Gasteiger partial charge on any atom is -0.381 e. The Hall–Kier alpha value is -1.02. The van der Waals surface area contributed by atoms with E-state index in [4.69, 9.17) is 4.74 Å². The van der Waals surface area contributed by atoms with Gasteiger partial charge < -0.3 is 9.30 Å². The minimum absolute atomic E-state index is 0.672. The van der Waals surface area contributed by atoms with Gasteiger partial charge in [-0.15, -0.1) is 0 Å². The summed E-state index contributed by atoms with van der Waals surface area (Å²) >= 11 is 0. The summed E-state index contributed by atoms with van der Waals surface area (Å²) in [6.07, 6.45) is 6.06. The van der Waals surface area contributed by atoms with Crippen molar-refractivity contribution < 1.29 is 4.74 Å². The van der Waals surface area contributed by atoms with Crippen molar-refractivity contribution >= 4 is 6.08 Å². The van der Waals surface area contributed by atoms with E-state index < -0.39 is 0 Å². The van der Waals surface area contributed by atoms with Crippen molar-refractivity contribution in [2.45, 2.75) is 0 Å². The number of nitrogens with zero attached hydrogens (tertiary/aromatic N) is 1. The molecule has 0 atom stereocenters. The third-order valence-electron chi connectivity index (χ3n) is 1.54. The van der Waals surface area contributed by atoms with Gasteiger partial charge in [-0.1, -0.05) is 6.08 Å². The predicted molar refractivity (Wildman–Crippen MR) is 46.3 cm³/mol. The Kier molecular flexibility index (Phi) is 2.93. The largest absolute Gasteiger partial charge is 0.381 e. The molecule has 0 aliphatic rings. The van der Waals surface area contributed by atoms with Crippen LogP contribution < -0.4 is 0 Å². The monoisotopic (exact) mass is 151 g/mol. The fourth-order valence-electron chi connectivity index (χ4n) is 0.913. The SMILES string of the molecule is COC/C=C/c1cccn1C. The number of aryl methyl sites for hydroxylation is 1. The maximum atomic E-state index is 4.88. The number of hydrogen-bond donors (Lipinski definition) is 0. The van der Waals surface area contributed by atoms with Crippen molar-refractivity contribution in [2.24, 2.45) is 7.05 Å². The van der Waals surface area contributed by atoms with Crippen molar-refractivity contribution in [3.8, 4) is 0 Å². The first kappa shape index (κ1) is 8.08. The van der Waals surface area contributed by atoms with Crippen LogP contribution in [0.3, 0.4) is 0 Å². The van der Waals surface area contributed by atoms with Gasteiger partial charge in [-0.05, 0) is 18.2 Å². The van der Waals surface area contributed by atoms with E-state index in [2.05, 4.69) is 10.6 Å². The maximum Gasteiger partial charge on any atom is 0.0647 e. The van der Waals surface area contributed by atoms with Crippen LogP contribution in [-0.4, -0.2) is 18.3 Å². The molecule has 1 rings (SSSR count). The van der Waals surface area contributed by atoms with Gasteiger partial charge in [0, 0.05) is 26.0 Å². The van der Waals surface area contributed by atoms with Crippen LogP contribution in [0.4, 0.5) is 0 Å². The second-order valence-corrected chi connectivity index (χ2v) is 2.40. The third-order valence-corrected chi connectivity index (χ3v) is 1.54. The van der Waals surface area contributed by atoms with Gasteiger partial charge in [-0.3, -0.25) is 0 Å². The summed E-state index contributed by atoms with van der Waals surface area (Å²) < 4.78 is 6.95. The molecule has 0 radical (unpaired) electrons. The zero-order chi connectivity index (χ0) is 8.10. The van der Waals surface area contributed by atoms with E-state index in [1.807, 2.05) is 31.5 Å². The predicted octanol–water partition coefficient (Wildman–Crippen LogP) is 1.68. The molecular formula is C9H13NO. The van der Waals surface area contributed by atoms with Crippen molar-refractivity contribution in [2.75, 3.05) is 13.7 Å². The van der Waals surface area contributed by atoms with Gasteiger partial charge in [-0.25, -0.2) is 0 Å². The standard InChI is InChI=1S/C9H13NO/c1-10-7-3-5-9(10)6-4-8-11-2/h3-7H,8H2,1-2H3/b6-4+. The average Bonchev–Trinajstić information content (AvgIpc) is 2.37. The van der Waals surface area contributed by atoms with Gasteiger partial charge in [-0.2, -0.15) is 0 Å². The van der Waals surface area contributed by atoms with Crippen LogP contribution in [0, 0.1) is 0 Å². The van der Waals surface area contributed by atoms with Crippen molar-refractivity contribution in [3.05, 3.63) is 30.1 Å². The first-order chi connectivity index (χ1) is 5.34.